The molecule has 0 fully saturated rings. The van der Waals surface area contributed by atoms with Gasteiger partial charge in [0.2, 0.25) is 0 Å². The van der Waals surface area contributed by atoms with E-state index in [1.54, 1.807) is 26.5 Å². The highest BCUT2D eigenvalue weighted by molar-refractivity contribution is 5.94. The Balaban J connectivity index is 2.91. The fourth-order valence-electron chi connectivity index (χ4n) is 1.67. The molecule has 0 atom stereocenters. The molecule has 0 saturated heterocycles. The molecule has 0 spiro atoms. The van der Waals surface area contributed by atoms with Crippen LogP contribution in [0.25, 0.3) is 10.9 Å². The first kappa shape index (κ1) is 10.3. The Labute approximate surface area is 94.0 Å². The first-order chi connectivity index (χ1) is 7.81. The molecule has 0 bridgehead atoms. The topological polar surface area (TPSA) is 31.4 Å². The van der Waals surface area contributed by atoms with Crippen LogP contribution in [0.2, 0.25) is 0 Å². The fraction of sp³-hybridized carbons (Fsp3) is 0.154. The molecule has 0 radical (unpaired) electrons. The number of hydrogen-bond acceptors (Lipinski definition) is 3. The van der Waals surface area contributed by atoms with Crippen molar-refractivity contribution in [3.05, 3.63) is 30.0 Å². The number of terminal acetylenes is 1. The Morgan fingerprint density at radius 3 is 2.44 bits per heavy atom. The van der Waals surface area contributed by atoms with Gasteiger partial charge in [-0.3, -0.25) is 4.98 Å². The average Bonchev–Trinajstić information content (AvgIpc) is 2.36. The monoisotopic (exact) mass is 213 g/mol. The molecule has 0 aliphatic heterocycles. The Hall–Kier alpha value is -2.21. The van der Waals surface area contributed by atoms with Crippen molar-refractivity contribution in [3.63, 3.8) is 0 Å². The second-order valence-electron chi connectivity index (χ2n) is 3.20. The van der Waals surface area contributed by atoms with Crippen LogP contribution < -0.4 is 9.47 Å². The van der Waals surface area contributed by atoms with Crippen molar-refractivity contribution in [2.75, 3.05) is 14.2 Å². The first-order valence-corrected chi connectivity index (χ1v) is 4.78. The summed E-state index contributed by atoms with van der Waals surface area (Å²) in [5, 5.41) is 0.812. The van der Waals surface area contributed by atoms with Gasteiger partial charge in [0.1, 0.15) is 17.0 Å². The molecule has 3 heteroatoms. The maximum absolute atomic E-state index is 5.46. The molecule has 1 heterocycles. The average molecular weight is 213 g/mol. The standard InChI is InChI=1S/C13H11NO2/c1-4-9-7-8-14-13-11(16-3)6-5-10(15-2)12(9)13/h1,5-8H,2-3H3. The zero-order valence-electron chi connectivity index (χ0n) is 9.15. The minimum atomic E-state index is 0.688. The summed E-state index contributed by atoms with van der Waals surface area (Å²) in [5.41, 5.74) is 1.47. The molecule has 0 saturated carbocycles. The van der Waals surface area contributed by atoms with Crippen molar-refractivity contribution in [3.8, 4) is 23.8 Å². The van der Waals surface area contributed by atoms with E-state index in [0.717, 1.165) is 16.5 Å². The van der Waals surface area contributed by atoms with Gasteiger partial charge in [0.05, 0.1) is 19.6 Å². The van der Waals surface area contributed by atoms with Gasteiger partial charge in [-0.05, 0) is 18.2 Å². The minimum Gasteiger partial charge on any atom is -0.496 e. The molecule has 0 amide bonds. The molecule has 80 valence electrons. The highest BCUT2D eigenvalue weighted by Gasteiger charge is 2.10. The van der Waals surface area contributed by atoms with Gasteiger partial charge in [-0.25, -0.2) is 0 Å². The number of fused-ring (bicyclic) bond motifs is 1. The molecule has 0 unspecified atom stereocenters. The van der Waals surface area contributed by atoms with E-state index in [1.807, 2.05) is 12.1 Å². The number of aromatic nitrogens is 1. The van der Waals surface area contributed by atoms with Crippen molar-refractivity contribution in [2.45, 2.75) is 0 Å². The van der Waals surface area contributed by atoms with Crippen LogP contribution in [0.4, 0.5) is 0 Å². The Kier molecular flexibility index (Phi) is 2.65. The maximum Gasteiger partial charge on any atom is 0.145 e. The van der Waals surface area contributed by atoms with Crippen molar-refractivity contribution in [1.82, 2.24) is 4.98 Å². The number of nitrogens with zero attached hydrogens (tertiary/aromatic N) is 1. The molecule has 0 aliphatic rings. The predicted octanol–water partition coefficient (Wildman–Crippen LogP) is 2.23. The van der Waals surface area contributed by atoms with E-state index in [1.165, 1.54) is 0 Å². The summed E-state index contributed by atoms with van der Waals surface area (Å²) in [6, 6.07) is 5.42. The van der Waals surface area contributed by atoms with Gasteiger partial charge in [0.25, 0.3) is 0 Å². The normalized spacial score (nSPS) is 9.81. The number of pyridine rings is 1. The lowest BCUT2D eigenvalue weighted by atomic mass is 10.1. The van der Waals surface area contributed by atoms with Crippen LogP contribution in [0.1, 0.15) is 5.56 Å². The fourth-order valence-corrected chi connectivity index (χ4v) is 1.67. The van der Waals surface area contributed by atoms with Gasteiger partial charge >= 0.3 is 0 Å². The summed E-state index contributed by atoms with van der Waals surface area (Å²) in [6.07, 6.45) is 7.12. The van der Waals surface area contributed by atoms with Crippen LogP contribution in [0.15, 0.2) is 24.4 Å². The van der Waals surface area contributed by atoms with Crippen LogP contribution >= 0.6 is 0 Å². The van der Waals surface area contributed by atoms with E-state index in [9.17, 15) is 0 Å². The second kappa shape index (κ2) is 4.11. The van der Waals surface area contributed by atoms with Crippen LogP contribution in [0.5, 0.6) is 11.5 Å². The molecular weight excluding hydrogens is 202 g/mol. The highest BCUT2D eigenvalue weighted by Crippen LogP contribution is 2.33. The van der Waals surface area contributed by atoms with Gasteiger partial charge < -0.3 is 9.47 Å². The molecule has 3 nitrogen and oxygen atoms in total. The predicted molar refractivity (Wildman–Crippen MR) is 62.8 cm³/mol. The summed E-state index contributed by atoms with van der Waals surface area (Å²) in [5.74, 6) is 4.01. The van der Waals surface area contributed by atoms with Gasteiger partial charge in [0, 0.05) is 11.8 Å². The molecule has 2 rings (SSSR count). The molecule has 16 heavy (non-hydrogen) atoms. The second-order valence-corrected chi connectivity index (χ2v) is 3.20. The Morgan fingerprint density at radius 1 is 1.12 bits per heavy atom. The SMILES string of the molecule is C#Cc1ccnc2c(OC)ccc(OC)c12. The lowest BCUT2D eigenvalue weighted by molar-refractivity contribution is 0.409. The molecule has 1 aromatic heterocycles. The van der Waals surface area contributed by atoms with E-state index in [4.69, 9.17) is 15.9 Å². The number of methoxy groups -OCH3 is 2. The third-order valence-electron chi connectivity index (χ3n) is 2.41. The zero-order valence-corrected chi connectivity index (χ0v) is 9.15. The maximum atomic E-state index is 5.46. The molecule has 0 aliphatic carbocycles. The first-order valence-electron chi connectivity index (χ1n) is 4.78. The van der Waals surface area contributed by atoms with Gasteiger partial charge in [-0.1, -0.05) is 5.92 Å². The van der Waals surface area contributed by atoms with E-state index in [-0.39, 0.29) is 0 Å². The third kappa shape index (κ3) is 1.45. The van der Waals surface area contributed by atoms with Crippen LogP contribution in [0, 0.1) is 12.3 Å². The minimum absolute atomic E-state index is 0.688. The van der Waals surface area contributed by atoms with Crippen LogP contribution in [0.3, 0.4) is 0 Å². The molecule has 0 N–H and O–H groups in total. The van der Waals surface area contributed by atoms with Crippen LogP contribution in [-0.4, -0.2) is 19.2 Å². The van der Waals surface area contributed by atoms with Gasteiger partial charge in [0.15, 0.2) is 0 Å². The number of rotatable bonds is 2. The third-order valence-corrected chi connectivity index (χ3v) is 2.41. The van der Waals surface area contributed by atoms with Crippen molar-refractivity contribution >= 4 is 10.9 Å². The number of benzene rings is 1. The number of hydrogen-bond donors (Lipinski definition) is 0. The molecular formula is C13H11NO2. The summed E-state index contributed by atoms with van der Waals surface area (Å²) >= 11 is 0. The lowest BCUT2D eigenvalue weighted by Crippen LogP contribution is -1.93. The quantitative estimate of drug-likeness (QED) is 0.717. The van der Waals surface area contributed by atoms with E-state index in [0.29, 0.717) is 11.5 Å². The van der Waals surface area contributed by atoms with Crippen molar-refractivity contribution in [2.24, 2.45) is 0 Å². The number of ether oxygens (including phenoxy) is 2. The van der Waals surface area contributed by atoms with E-state index < -0.39 is 0 Å². The van der Waals surface area contributed by atoms with Gasteiger partial charge in [-0.15, -0.1) is 6.42 Å². The van der Waals surface area contributed by atoms with Crippen molar-refractivity contribution < 1.29 is 9.47 Å². The summed E-state index contributed by atoms with van der Waals surface area (Å²) in [7, 11) is 3.21. The lowest BCUT2D eigenvalue weighted by Gasteiger charge is -2.09. The highest BCUT2D eigenvalue weighted by atomic mass is 16.5. The van der Waals surface area contributed by atoms with Crippen LogP contribution in [-0.2, 0) is 0 Å². The van der Waals surface area contributed by atoms with Gasteiger partial charge in [-0.2, -0.15) is 0 Å². The summed E-state index contributed by atoms with van der Waals surface area (Å²) in [4.78, 5) is 4.27. The summed E-state index contributed by atoms with van der Waals surface area (Å²) in [6.45, 7) is 0. The summed E-state index contributed by atoms with van der Waals surface area (Å²) < 4.78 is 10.5. The molecule has 1 aromatic carbocycles. The van der Waals surface area contributed by atoms with E-state index >= 15 is 0 Å². The zero-order chi connectivity index (χ0) is 11.5. The Morgan fingerprint density at radius 2 is 1.81 bits per heavy atom. The largest absolute Gasteiger partial charge is 0.496 e. The Bertz CT molecular complexity index is 570. The van der Waals surface area contributed by atoms with E-state index in [2.05, 4.69) is 10.9 Å². The smallest absolute Gasteiger partial charge is 0.145 e. The molecule has 2 aromatic rings. The van der Waals surface area contributed by atoms with Crippen molar-refractivity contribution in [1.29, 1.82) is 0 Å².